The largest absolute Gasteiger partial charge is 0.495 e. The molecule has 0 spiro atoms. The van der Waals surface area contributed by atoms with Crippen LogP contribution in [0.5, 0.6) is 5.75 Å². The molecule has 0 fully saturated rings. The lowest BCUT2D eigenvalue weighted by molar-refractivity contribution is 0.417. The average molecular weight is 285 g/mol. The number of hydrogen-bond donors (Lipinski definition) is 1. The predicted molar refractivity (Wildman–Crippen MR) is 75.5 cm³/mol. The maximum Gasteiger partial charge on any atom is 0.187 e. The van der Waals surface area contributed by atoms with E-state index in [2.05, 4.69) is 15.5 Å². The number of aromatic nitrogens is 4. The second-order valence-electron chi connectivity index (χ2n) is 4.35. The van der Waals surface area contributed by atoms with Gasteiger partial charge in [-0.25, -0.2) is 4.39 Å². The SMILES string of the molecule is COc1cc(-c2nnnn2-c2ccc(F)cc2)ccc1N. The van der Waals surface area contributed by atoms with Crippen molar-refractivity contribution in [3.8, 4) is 22.8 Å². The molecule has 0 atom stereocenters. The van der Waals surface area contributed by atoms with Crippen molar-refractivity contribution < 1.29 is 9.13 Å². The molecule has 0 unspecified atom stereocenters. The monoisotopic (exact) mass is 285 g/mol. The Morgan fingerprint density at radius 1 is 1.14 bits per heavy atom. The molecule has 6 nitrogen and oxygen atoms in total. The summed E-state index contributed by atoms with van der Waals surface area (Å²) in [6, 6.07) is 11.2. The highest BCUT2D eigenvalue weighted by atomic mass is 19.1. The van der Waals surface area contributed by atoms with Gasteiger partial charge in [0.25, 0.3) is 0 Å². The molecule has 0 bridgehead atoms. The number of nitrogens with two attached hydrogens (primary N) is 1. The Morgan fingerprint density at radius 3 is 2.62 bits per heavy atom. The molecule has 0 aliphatic rings. The Bertz CT molecular complexity index is 769. The molecule has 1 heterocycles. The van der Waals surface area contributed by atoms with Crippen molar-refractivity contribution in [3.63, 3.8) is 0 Å². The zero-order chi connectivity index (χ0) is 14.8. The van der Waals surface area contributed by atoms with Crippen LogP contribution in [-0.2, 0) is 0 Å². The van der Waals surface area contributed by atoms with E-state index in [0.29, 0.717) is 22.9 Å². The van der Waals surface area contributed by atoms with Crippen LogP contribution in [0.25, 0.3) is 17.1 Å². The van der Waals surface area contributed by atoms with E-state index in [-0.39, 0.29) is 5.82 Å². The molecule has 3 aromatic rings. The molecule has 0 aliphatic carbocycles. The minimum Gasteiger partial charge on any atom is -0.495 e. The Morgan fingerprint density at radius 2 is 1.90 bits per heavy atom. The molecule has 0 saturated heterocycles. The van der Waals surface area contributed by atoms with E-state index in [1.54, 1.807) is 37.4 Å². The zero-order valence-corrected chi connectivity index (χ0v) is 11.2. The first-order valence-electron chi connectivity index (χ1n) is 6.17. The lowest BCUT2D eigenvalue weighted by Gasteiger charge is -2.08. The fourth-order valence-corrected chi connectivity index (χ4v) is 1.97. The fourth-order valence-electron chi connectivity index (χ4n) is 1.97. The van der Waals surface area contributed by atoms with Gasteiger partial charge in [-0.05, 0) is 52.9 Å². The molecule has 0 saturated carbocycles. The molecular formula is C14H12FN5O. The highest BCUT2D eigenvalue weighted by Gasteiger charge is 2.12. The van der Waals surface area contributed by atoms with E-state index in [0.717, 1.165) is 5.56 Å². The van der Waals surface area contributed by atoms with Crippen molar-refractivity contribution in [2.75, 3.05) is 12.8 Å². The van der Waals surface area contributed by atoms with E-state index >= 15 is 0 Å². The quantitative estimate of drug-likeness (QED) is 0.745. The van der Waals surface area contributed by atoms with Crippen molar-refractivity contribution in [2.45, 2.75) is 0 Å². The van der Waals surface area contributed by atoms with Crippen molar-refractivity contribution >= 4 is 5.69 Å². The first-order chi connectivity index (χ1) is 10.2. The summed E-state index contributed by atoms with van der Waals surface area (Å²) in [5.74, 6) is 0.739. The third-order valence-electron chi connectivity index (χ3n) is 3.03. The standard InChI is InChI=1S/C14H12FN5O/c1-21-13-8-9(2-7-12(13)16)14-17-18-19-20(14)11-5-3-10(15)4-6-11/h2-8H,16H2,1H3. The Balaban J connectivity index is 2.08. The highest BCUT2D eigenvalue weighted by Crippen LogP contribution is 2.28. The summed E-state index contributed by atoms with van der Waals surface area (Å²) in [7, 11) is 1.54. The summed E-state index contributed by atoms with van der Waals surface area (Å²) in [6.45, 7) is 0. The summed E-state index contributed by atoms with van der Waals surface area (Å²) < 4.78 is 19.7. The molecule has 106 valence electrons. The molecule has 0 aliphatic heterocycles. The van der Waals surface area contributed by atoms with E-state index in [4.69, 9.17) is 10.5 Å². The van der Waals surface area contributed by atoms with Gasteiger partial charge in [-0.3, -0.25) is 0 Å². The van der Waals surface area contributed by atoms with Gasteiger partial charge in [0.1, 0.15) is 11.6 Å². The topological polar surface area (TPSA) is 78.9 Å². The second kappa shape index (κ2) is 5.20. The first-order valence-corrected chi connectivity index (χ1v) is 6.17. The minimum absolute atomic E-state index is 0.317. The van der Waals surface area contributed by atoms with E-state index in [1.165, 1.54) is 16.8 Å². The van der Waals surface area contributed by atoms with Crippen LogP contribution in [0, 0.1) is 5.82 Å². The van der Waals surface area contributed by atoms with Crippen LogP contribution in [0.1, 0.15) is 0 Å². The molecule has 1 aromatic heterocycles. The van der Waals surface area contributed by atoms with Gasteiger partial charge in [-0.15, -0.1) is 5.10 Å². The molecule has 0 amide bonds. The summed E-state index contributed by atoms with van der Waals surface area (Å²) in [5, 5.41) is 11.6. The van der Waals surface area contributed by atoms with Crippen molar-refractivity contribution in [1.29, 1.82) is 0 Å². The summed E-state index contributed by atoms with van der Waals surface area (Å²) in [5.41, 5.74) is 7.73. The lowest BCUT2D eigenvalue weighted by atomic mass is 10.1. The normalized spacial score (nSPS) is 10.6. The summed E-state index contributed by atoms with van der Waals surface area (Å²) in [6.07, 6.45) is 0. The molecule has 2 N–H and O–H groups in total. The van der Waals surface area contributed by atoms with Crippen LogP contribution in [0.15, 0.2) is 42.5 Å². The predicted octanol–water partition coefficient (Wildman–Crippen LogP) is 2.06. The van der Waals surface area contributed by atoms with Gasteiger partial charge in [0, 0.05) is 5.56 Å². The van der Waals surface area contributed by atoms with Crippen molar-refractivity contribution in [3.05, 3.63) is 48.3 Å². The Kier molecular flexibility index (Phi) is 3.23. The number of benzene rings is 2. The van der Waals surface area contributed by atoms with Crippen LogP contribution in [0.3, 0.4) is 0 Å². The van der Waals surface area contributed by atoms with Crippen molar-refractivity contribution in [2.24, 2.45) is 0 Å². The number of nitrogen functional groups attached to an aromatic ring is 1. The van der Waals surface area contributed by atoms with Crippen LogP contribution in [0.4, 0.5) is 10.1 Å². The van der Waals surface area contributed by atoms with Crippen LogP contribution in [0.2, 0.25) is 0 Å². The van der Waals surface area contributed by atoms with E-state index in [9.17, 15) is 4.39 Å². The van der Waals surface area contributed by atoms with Gasteiger partial charge in [0.15, 0.2) is 5.82 Å². The molecular weight excluding hydrogens is 273 g/mol. The summed E-state index contributed by atoms with van der Waals surface area (Å²) >= 11 is 0. The van der Waals surface area contributed by atoms with E-state index < -0.39 is 0 Å². The number of hydrogen-bond acceptors (Lipinski definition) is 5. The first kappa shape index (κ1) is 13.0. The third-order valence-corrected chi connectivity index (χ3v) is 3.03. The average Bonchev–Trinajstić information content (AvgIpc) is 2.98. The van der Waals surface area contributed by atoms with Gasteiger partial charge in [0.05, 0.1) is 18.5 Å². The number of rotatable bonds is 3. The number of anilines is 1. The van der Waals surface area contributed by atoms with Crippen molar-refractivity contribution in [1.82, 2.24) is 20.2 Å². The van der Waals surface area contributed by atoms with Crippen LogP contribution >= 0.6 is 0 Å². The zero-order valence-electron chi connectivity index (χ0n) is 11.2. The van der Waals surface area contributed by atoms with Gasteiger partial charge < -0.3 is 10.5 Å². The van der Waals surface area contributed by atoms with Gasteiger partial charge in [-0.1, -0.05) is 0 Å². The lowest BCUT2D eigenvalue weighted by Crippen LogP contribution is -2.00. The molecule has 2 aromatic carbocycles. The summed E-state index contributed by atoms with van der Waals surface area (Å²) in [4.78, 5) is 0. The number of methoxy groups -OCH3 is 1. The number of ether oxygens (including phenoxy) is 1. The fraction of sp³-hybridized carbons (Fsp3) is 0.0714. The smallest absolute Gasteiger partial charge is 0.187 e. The second-order valence-corrected chi connectivity index (χ2v) is 4.35. The number of nitrogens with zero attached hydrogens (tertiary/aromatic N) is 4. The molecule has 21 heavy (non-hydrogen) atoms. The number of tetrazole rings is 1. The molecule has 0 radical (unpaired) electrons. The molecule has 7 heteroatoms. The minimum atomic E-state index is -0.317. The van der Waals surface area contributed by atoms with Crippen LogP contribution in [-0.4, -0.2) is 27.3 Å². The Labute approximate surface area is 120 Å². The van der Waals surface area contributed by atoms with E-state index in [1.807, 2.05) is 0 Å². The van der Waals surface area contributed by atoms with Crippen LogP contribution < -0.4 is 10.5 Å². The highest BCUT2D eigenvalue weighted by molar-refractivity contribution is 5.66. The molecule has 3 rings (SSSR count). The maximum atomic E-state index is 13.0. The number of halogens is 1. The van der Waals surface area contributed by atoms with Gasteiger partial charge >= 0.3 is 0 Å². The van der Waals surface area contributed by atoms with Gasteiger partial charge in [-0.2, -0.15) is 4.68 Å². The Hall–Kier alpha value is -2.96. The maximum absolute atomic E-state index is 13.0. The third kappa shape index (κ3) is 2.40. The van der Waals surface area contributed by atoms with Gasteiger partial charge in [0.2, 0.25) is 0 Å².